The summed E-state index contributed by atoms with van der Waals surface area (Å²) in [6.07, 6.45) is 2.19. The maximum absolute atomic E-state index is 10.2. The monoisotopic (exact) mass is 367 g/mol. The number of nitrogens with zero attached hydrogens (tertiary/aromatic N) is 2. The van der Waals surface area contributed by atoms with Gasteiger partial charge in [0.2, 0.25) is 0 Å². The lowest BCUT2D eigenvalue weighted by Crippen LogP contribution is -2.42. The SMILES string of the molecule is CCCN1CCC2=NNC(c3ccc(OC)c(O)c3Br)C2C1. The van der Waals surface area contributed by atoms with Crippen molar-refractivity contribution < 1.29 is 9.84 Å². The second-order valence-corrected chi connectivity index (χ2v) is 6.68. The number of piperidine rings is 1. The molecule has 6 heteroatoms. The molecule has 1 aromatic carbocycles. The zero-order chi connectivity index (χ0) is 15.7. The van der Waals surface area contributed by atoms with E-state index in [2.05, 4.69) is 38.3 Å². The van der Waals surface area contributed by atoms with Crippen molar-refractivity contribution >= 4 is 21.6 Å². The molecule has 0 aromatic heterocycles. The quantitative estimate of drug-likeness (QED) is 0.858. The van der Waals surface area contributed by atoms with Crippen molar-refractivity contribution in [2.24, 2.45) is 11.0 Å². The van der Waals surface area contributed by atoms with Crippen LogP contribution in [0, 0.1) is 5.92 Å². The smallest absolute Gasteiger partial charge is 0.172 e. The van der Waals surface area contributed by atoms with E-state index in [-0.39, 0.29) is 11.8 Å². The first-order valence-electron chi connectivity index (χ1n) is 7.75. The molecule has 1 aromatic rings. The minimum atomic E-state index is 0.0980. The first-order chi connectivity index (χ1) is 10.7. The molecule has 2 aliphatic rings. The zero-order valence-corrected chi connectivity index (χ0v) is 14.6. The molecule has 0 spiro atoms. The molecule has 3 rings (SSSR count). The van der Waals surface area contributed by atoms with Crippen molar-refractivity contribution in [2.45, 2.75) is 25.8 Å². The van der Waals surface area contributed by atoms with Gasteiger partial charge in [0.05, 0.1) is 17.6 Å². The Morgan fingerprint density at radius 2 is 2.32 bits per heavy atom. The number of hydrogen-bond acceptors (Lipinski definition) is 5. The van der Waals surface area contributed by atoms with Gasteiger partial charge in [-0.1, -0.05) is 13.0 Å². The number of phenolic OH excluding ortho intramolecular Hbond substituents is 1. The number of aromatic hydroxyl groups is 1. The molecule has 1 fully saturated rings. The van der Waals surface area contributed by atoms with Crippen molar-refractivity contribution in [1.82, 2.24) is 10.3 Å². The summed E-state index contributed by atoms with van der Waals surface area (Å²) in [5.41, 5.74) is 5.54. The van der Waals surface area contributed by atoms with Crippen LogP contribution in [0.4, 0.5) is 0 Å². The van der Waals surface area contributed by atoms with Crippen molar-refractivity contribution in [3.8, 4) is 11.5 Å². The maximum atomic E-state index is 10.2. The van der Waals surface area contributed by atoms with Gasteiger partial charge < -0.3 is 20.2 Å². The molecule has 22 heavy (non-hydrogen) atoms. The number of phenols is 1. The largest absolute Gasteiger partial charge is 0.503 e. The fourth-order valence-electron chi connectivity index (χ4n) is 3.38. The Kier molecular flexibility index (Phi) is 4.59. The molecule has 120 valence electrons. The Hall–Kier alpha value is -1.27. The molecule has 0 amide bonds. The summed E-state index contributed by atoms with van der Waals surface area (Å²) in [6.45, 7) is 5.45. The molecule has 2 unspecified atom stereocenters. The normalized spacial score (nSPS) is 24.6. The van der Waals surface area contributed by atoms with Crippen molar-refractivity contribution in [1.29, 1.82) is 0 Å². The van der Waals surface area contributed by atoms with Crippen molar-refractivity contribution in [2.75, 3.05) is 26.7 Å². The van der Waals surface area contributed by atoms with Crippen molar-refractivity contribution in [3.63, 3.8) is 0 Å². The second-order valence-electron chi connectivity index (χ2n) is 5.89. The summed E-state index contributed by atoms with van der Waals surface area (Å²) in [4.78, 5) is 2.50. The van der Waals surface area contributed by atoms with E-state index in [1.807, 2.05) is 12.1 Å². The highest BCUT2D eigenvalue weighted by Gasteiger charge is 2.38. The number of benzene rings is 1. The summed E-state index contributed by atoms with van der Waals surface area (Å²) in [5, 5.41) is 14.8. The molecular weight excluding hydrogens is 346 g/mol. The lowest BCUT2D eigenvalue weighted by atomic mass is 9.86. The third-order valence-electron chi connectivity index (χ3n) is 4.52. The van der Waals surface area contributed by atoms with Gasteiger partial charge in [0.1, 0.15) is 0 Å². The average molecular weight is 368 g/mol. The van der Waals surface area contributed by atoms with Gasteiger partial charge in [-0.05, 0) is 40.5 Å². The molecule has 5 nitrogen and oxygen atoms in total. The fraction of sp³-hybridized carbons (Fsp3) is 0.562. The Morgan fingerprint density at radius 3 is 3.05 bits per heavy atom. The van der Waals surface area contributed by atoms with Crippen LogP contribution in [-0.4, -0.2) is 42.5 Å². The number of likely N-dealkylation sites (tertiary alicyclic amines) is 1. The lowest BCUT2D eigenvalue weighted by Gasteiger charge is -2.33. The van der Waals surface area contributed by atoms with Crippen molar-refractivity contribution in [3.05, 3.63) is 22.2 Å². The van der Waals surface area contributed by atoms with E-state index in [1.54, 1.807) is 7.11 Å². The highest BCUT2D eigenvalue weighted by molar-refractivity contribution is 9.10. The van der Waals surface area contributed by atoms with Gasteiger partial charge in [-0.3, -0.25) is 0 Å². The molecule has 0 radical (unpaired) electrons. The predicted octanol–water partition coefficient (Wildman–Crippen LogP) is 2.90. The standard InChI is InChI=1S/C16H22BrN3O2/c1-3-7-20-8-6-12-11(9-20)15(19-18-12)10-4-5-13(22-2)16(21)14(10)17/h4-5,11,15,19,21H,3,6-9H2,1-2H3. The molecule has 1 saturated heterocycles. The number of nitrogens with one attached hydrogen (secondary N) is 1. The number of hydrogen-bond donors (Lipinski definition) is 2. The number of rotatable bonds is 4. The van der Waals surface area contributed by atoms with Gasteiger partial charge in [0, 0.05) is 31.1 Å². The molecule has 2 N–H and O–H groups in total. The molecule has 2 aliphatic heterocycles. The van der Waals surface area contributed by atoms with Crippen LogP contribution in [0.25, 0.3) is 0 Å². The summed E-state index contributed by atoms with van der Waals surface area (Å²) >= 11 is 3.51. The van der Waals surface area contributed by atoms with Gasteiger partial charge >= 0.3 is 0 Å². The van der Waals surface area contributed by atoms with Gasteiger partial charge in [0.25, 0.3) is 0 Å². The number of halogens is 1. The molecule has 0 aliphatic carbocycles. The van der Waals surface area contributed by atoms with Crippen LogP contribution in [0.5, 0.6) is 11.5 Å². The van der Waals surface area contributed by atoms with Gasteiger partial charge in [-0.25, -0.2) is 0 Å². The Labute approximate surface area is 139 Å². The predicted molar refractivity (Wildman–Crippen MR) is 90.5 cm³/mol. The highest BCUT2D eigenvalue weighted by atomic mass is 79.9. The molecule has 2 atom stereocenters. The van der Waals surface area contributed by atoms with Crippen LogP contribution in [0.1, 0.15) is 31.4 Å². The van der Waals surface area contributed by atoms with E-state index in [1.165, 1.54) is 12.1 Å². The van der Waals surface area contributed by atoms with Crippen LogP contribution < -0.4 is 10.2 Å². The van der Waals surface area contributed by atoms with Crippen LogP contribution in [0.15, 0.2) is 21.7 Å². The topological polar surface area (TPSA) is 57.1 Å². The third-order valence-corrected chi connectivity index (χ3v) is 5.35. The Morgan fingerprint density at radius 1 is 1.50 bits per heavy atom. The van der Waals surface area contributed by atoms with Crippen LogP contribution in [-0.2, 0) is 0 Å². The van der Waals surface area contributed by atoms with E-state index in [0.29, 0.717) is 16.1 Å². The minimum Gasteiger partial charge on any atom is -0.503 e. The van der Waals surface area contributed by atoms with E-state index >= 15 is 0 Å². The van der Waals surface area contributed by atoms with Gasteiger partial charge in [-0.15, -0.1) is 0 Å². The number of methoxy groups -OCH3 is 1. The minimum absolute atomic E-state index is 0.0980. The number of fused-ring (bicyclic) bond motifs is 1. The molecule has 2 heterocycles. The Bertz CT molecular complexity index is 591. The van der Waals surface area contributed by atoms with Gasteiger partial charge in [0.15, 0.2) is 11.5 Å². The van der Waals surface area contributed by atoms with E-state index in [9.17, 15) is 5.11 Å². The zero-order valence-electron chi connectivity index (χ0n) is 13.0. The van der Waals surface area contributed by atoms with Crippen LogP contribution in [0.3, 0.4) is 0 Å². The fourth-order valence-corrected chi connectivity index (χ4v) is 3.96. The summed E-state index contributed by atoms with van der Waals surface area (Å²) in [6, 6.07) is 3.90. The molecule has 0 saturated carbocycles. The highest BCUT2D eigenvalue weighted by Crippen LogP contribution is 2.42. The first kappa shape index (κ1) is 15.6. The van der Waals surface area contributed by atoms with Crippen LogP contribution in [0.2, 0.25) is 0 Å². The number of ether oxygens (including phenoxy) is 1. The van der Waals surface area contributed by atoms with E-state index < -0.39 is 0 Å². The second kappa shape index (κ2) is 6.46. The first-order valence-corrected chi connectivity index (χ1v) is 8.54. The maximum Gasteiger partial charge on any atom is 0.172 e. The third kappa shape index (κ3) is 2.70. The number of hydrazone groups is 1. The van der Waals surface area contributed by atoms with Gasteiger partial charge in [-0.2, -0.15) is 5.10 Å². The average Bonchev–Trinajstić information content (AvgIpc) is 2.93. The molecule has 0 bridgehead atoms. The van der Waals surface area contributed by atoms with Crippen LogP contribution >= 0.6 is 15.9 Å². The summed E-state index contributed by atoms with van der Waals surface area (Å²) < 4.78 is 5.85. The lowest BCUT2D eigenvalue weighted by molar-refractivity contribution is 0.228. The molecular formula is C16H22BrN3O2. The van der Waals surface area contributed by atoms with E-state index in [0.717, 1.165) is 31.6 Å². The Balaban J connectivity index is 1.85. The summed E-state index contributed by atoms with van der Waals surface area (Å²) in [5.74, 6) is 0.992. The summed E-state index contributed by atoms with van der Waals surface area (Å²) in [7, 11) is 1.56. The van der Waals surface area contributed by atoms with E-state index in [4.69, 9.17) is 4.74 Å².